The lowest BCUT2D eigenvalue weighted by atomic mass is 10.1. The van der Waals surface area contributed by atoms with E-state index in [1.165, 1.54) is 22.4 Å². The fraction of sp³-hybridized carbons (Fsp3) is 0.250. The van der Waals surface area contributed by atoms with Gasteiger partial charge in [0, 0.05) is 15.8 Å². The maximum absolute atomic E-state index is 6.44. The van der Waals surface area contributed by atoms with E-state index in [1.807, 2.05) is 18.2 Å². The van der Waals surface area contributed by atoms with Crippen LogP contribution in [-0.2, 0) is 19.3 Å². The Balaban J connectivity index is 1.79. The molecule has 4 rings (SSSR count). The number of benzene rings is 1. The summed E-state index contributed by atoms with van der Waals surface area (Å²) < 4.78 is 1.08. The summed E-state index contributed by atoms with van der Waals surface area (Å²) in [5.41, 5.74) is 2.56. The van der Waals surface area contributed by atoms with Crippen LogP contribution in [0.1, 0.15) is 28.2 Å². The van der Waals surface area contributed by atoms with E-state index >= 15 is 0 Å². The van der Waals surface area contributed by atoms with Crippen molar-refractivity contribution in [3.63, 3.8) is 0 Å². The SMILES string of the molecule is Clc1nc(Cc2ccccc2Br)nc2sc3c(c12)CCC3. The molecule has 2 heterocycles. The largest absolute Gasteiger partial charge is 0.222 e. The summed E-state index contributed by atoms with van der Waals surface area (Å²) in [7, 11) is 0. The molecule has 0 N–H and O–H groups in total. The van der Waals surface area contributed by atoms with Gasteiger partial charge in [0.05, 0.1) is 5.39 Å². The van der Waals surface area contributed by atoms with Crippen LogP contribution in [0.15, 0.2) is 28.7 Å². The Labute approximate surface area is 140 Å². The van der Waals surface area contributed by atoms with E-state index in [1.54, 1.807) is 11.3 Å². The molecule has 5 heteroatoms. The molecule has 0 fully saturated rings. The second-order valence-corrected chi connectivity index (χ2v) is 7.53. The molecule has 0 radical (unpaired) electrons. The van der Waals surface area contributed by atoms with Crippen LogP contribution in [0.4, 0.5) is 0 Å². The lowest BCUT2D eigenvalue weighted by molar-refractivity contribution is 0.916. The van der Waals surface area contributed by atoms with Crippen LogP contribution in [0.3, 0.4) is 0 Å². The molecule has 0 unspecified atom stereocenters. The van der Waals surface area contributed by atoms with Gasteiger partial charge < -0.3 is 0 Å². The molecule has 106 valence electrons. The topological polar surface area (TPSA) is 25.8 Å². The standard InChI is InChI=1S/C16H12BrClN2S/c17-11-6-2-1-4-9(11)8-13-19-15(18)14-10-5-3-7-12(10)21-16(14)20-13/h1-2,4,6H,3,5,7-8H2. The highest BCUT2D eigenvalue weighted by molar-refractivity contribution is 9.10. The molecule has 1 aliphatic carbocycles. The third-order valence-electron chi connectivity index (χ3n) is 3.87. The monoisotopic (exact) mass is 378 g/mol. The van der Waals surface area contributed by atoms with E-state index in [4.69, 9.17) is 16.6 Å². The molecule has 1 aromatic carbocycles. The van der Waals surface area contributed by atoms with Crippen LogP contribution in [0.2, 0.25) is 5.15 Å². The van der Waals surface area contributed by atoms with Gasteiger partial charge in [-0.05, 0) is 36.5 Å². The number of aryl methyl sites for hydroxylation is 2. The van der Waals surface area contributed by atoms with Crippen molar-refractivity contribution >= 4 is 49.1 Å². The van der Waals surface area contributed by atoms with Crippen LogP contribution in [0, 0.1) is 0 Å². The van der Waals surface area contributed by atoms with Gasteiger partial charge in [0.2, 0.25) is 0 Å². The number of hydrogen-bond acceptors (Lipinski definition) is 3. The summed E-state index contributed by atoms with van der Waals surface area (Å²) in [6.07, 6.45) is 4.19. The van der Waals surface area contributed by atoms with Crippen molar-refractivity contribution < 1.29 is 0 Å². The Morgan fingerprint density at radius 3 is 2.90 bits per heavy atom. The molecule has 0 bridgehead atoms. The van der Waals surface area contributed by atoms with Crippen molar-refractivity contribution in [2.45, 2.75) is 25.7 Å². The Morgan fingerprint density at radius 1 is 1.19 bits per heavy atom. The molecular formula is C16H12BrClN2S. The van der Waals surface area contributed by atoms with Gasteiger partial charge in [-0.1, -0.05) is 45.7 Å². The van der Waals surface area contributed by atoms with Crippen LogP contribution < -0.4 is 0 Å². The van der Waals surface area contributed by atoms with Crippen molar-refractivity contribution in [3.05, 3.63) is 55.7 Å². The van der Waals surface area contributed by atoms with Gasteiger partial charge in [-0.15, -0.1) is 11.3 Å². The van der Waals surface area contributed by atoms with E-state index in [-0.39, 0.29) is 0 Å². The summed E-state index contributed by atoms with van der Waals surface area (Å²) in [5, 5.41) is 1.70. The first-order valence-electron chi connectivity index (χ1n) is 6.92. The Morgan fingerprint density at radius 2 is 2.05 bits per heavy atom. The molecule has 2 aromatic heterocycles. The number of nitrogens with zero attached hydrogens (tertiary/aromatic N) is 2. The quantitative estimate of drug-likeness (QED) is 0.573. The normalized spacial score (nSPS) is 13.8. The van der Waals surface area contributed by atoms with Crippen LogP contribution in [0.5, 0.6) is 0 Å². The third-order valence-corrected chi connectivity index (χ3v) is 6.11. The first-order chi connectivity index (χ1) is 10.2. The molecule has 1 aliphatic rings. The fourth-order valence-electron chi connectivity index (χ4n) is 2.88. The second-order valence-electron chi connectivity index (χ2n) is 5.24. The van der Waals surface area contributed by atoms with E-state index < -0.39 is 0 Å². The van der Waals surface area contributed by atoms with Gasteiger partial charge in [0.15, 0.2) is 0 Å². The van der Waals surface area contributed by atoms with Crippen molar-refractivity contribution in [1.82, 2.24) is 9.97 Å². The summed E-state index contributed by atoms with van der Waals surface area (Å²) in [4.78, 5) is 11.8. The van der Waals surface area contributed by atoms with Gasteiger partial charge in [0.1, 0.15) is 15.8 Å². The van der Waals surface area contributed by atoms with Crippen molar-refractivity contribution in [3.8, 4) is 0 Å². The smallest absolute Gasteiger partial charge is 0.141 e. The summed E-state index contributed by atoms with van der Waals surface area (Å²) >= 11 is 11.8. The number of fused-ring (bicyclic) bond motifs is 3. The van der Waals surface area contributed by atoms with Gasteiger partial charge in [-0.3, -0.25) is 0 Å². The molecular weight excluding hydrogens is 368 g/mol. The summed E-state index contributed by atoms with van der Waals surface area (Å²) in [6, 6.07) is 8.16. The number of aromatic nitrogens is 2. The number of rotatable bonds is 2. The van der Waals surface area contributed by atoms with E-state index in [0.29, 0.717) is 11.6 Å². The van der Waals surface area contributed by atoms with Crippen molar-refractivity contribution in [2.24, 2.45) is 0 Å². The van der Waals surface area contributed by atoms with Gasteiger partial charge >= 0.3 is 0 Å². The molecule has 21 heavy (non-hydrogen) atoms. The van der Waals surface area contributed by atoms with E-state index in [9.17, 15) is 0 Å². The zero-order valence-corrected chi connectivity index (χ0v) is 14.4. The summed E-state index contributed by atoms with van der Waals surface area (Å²) in [6.45, 7) is 0. The predicted octanol–water partition coefficient (Wildman–Crippen LogP) is 5.19. The third kappa shape index (κ3) is 2.39. The number of hydrogen-bond donors (Lipinski definition) is 0. The fourth-order valence-corrected chi connectivity index (χ4v) is 4.95. The Kier molecular flexibility index (Phi) is 3.48. The van der Waals surface area contributed by atoms with Crippen LogP contribution in [-0.4, -0.2) is 9.97 Å². The Hall–Kier alpha value is -0.970. The first-order valence-corrected chi connectivity index (χ1v) is 8.91. The van der Waals surface area contributed by atoms with Crippen molar-refractivity contribution in [1.29, 1.82) is 0 Å². The predicted molar refractivity (Wildman–Crippen MR) is 91.4 cm³/mol. The number of thiophene rings is 1. The highest BCUT2D eigenvalue weighted by Crippen LogP contribution is 2.39. The van der Waals surface area contributed by atoms with E-state index in [0.717, 1.165) is 33.4 Å². The molecule has 3 aromatic rings. The first kappa shape index (κ1) is 13.7. The van der Waals surface area contributed by atoms with Gasteiger partial charge in [-0.25, -0.2) is 9.97 Å². The maximum atomic E-state index is 6.44. The van der Waals surface area contributed by atoms with Gasteiger partial charge in [-0.2, -0.15) is 0 Å². The average molecular weight is 380 g/mol. The molecule has 0 amide bonds. The minimum atomic E-state index is 0.612. The highest BCUT2D eigenvalue weighted by atomic mass is 79.9. The molecule has 0 spiro atoms. The second kappa shape index (κ2) is 5.34. The van der Waals surface area contributed by atoms with E-state index in [2.05, 4.69) is 27.0 Å². The highest BCUT2D eigenvalue weighted by Gasteiger charge is 2.21. The van der Waals surface area contributed by atoms with Crippen molar-refractivity contribution in [2.75, 3.05) is 0 Å². The number of halogens is 2. The lowest BCUT2D eigenvalue weighted by Crippen LogP contribution is -1.98. The molecule has 0 atom stereocenters. The minimum Gasteiger partial charge on any atom is -0.222 e. The lowest BCUT2D eigenvalue weighted by Gasteiger charge is -2.05. The summed E-state index contributed by atoms with van der Waals surface area (Å²) in [5.74, 6) is 0.791. The van der Waals surface area contributed by atoms with Crippen LogP contribution in [0.25, 0.3) is 10.2 Å². The minimum absolute atomic E-state index is 0.612. The molecule has 0 saturated carbocycles. The zero-order valence-electron chi connectivity index (χ0n) is 11.2. The average Bonchev–Trinajstić information content (AvgIpc) is 3.01. The van der Waals surface area contributed by atoms with Crippen LogP contribution >= 0.6 is 38.9 Å². The molecule has 2 nitrogen and oxygen atoms in total. The Bertz CT molecular complexity index is 844. The zero-order chi connectivity index (χ0) is 14.4. The maximum Gasteiger partial charge on any atom is 0.141 e. The molecule has 0 saturated heterocycles. The molecule has 0 aliphatic heterocycles. The van der Waals surface area contributed by atoms with Gasteiger partial charge in [0.25, 0.3) is 0 Å².